The molecule has 2 bridgehead atoms. The molecule has 84 valence electrons. The van der Waals surface area contributed by atoms with Crippen LogP contribution in [0.25, 0.3) is 0 Å². The Morgan fingerprint density at radius 2 is 2.20 bits per heavy atom. The molecule has 2 atom stereocenters. The lowest BCUT2D eigenvalue weighted by Crippen LogP contribution is -2.32. The number of carboxylic acid groups (broad SMARTS) is 1. The van der Waals surface area contributed by atoms with Crippen molar-refractivity contribution in [1.82, 2.24) is 0 Å². The van der Waals surface area contributed by atoms with Gasteiger partial charge in [-0.3, -0.25) is 4.84 Å². The number of fused-ring (bicyclic) bond motifs is 2. The van der Waals surface area contributed by atoms with Gasteiger partial charge in [-0.25, -0.2) is 4.79 Å². The maximum absolute atomic E-state index is 10.3. The molecule has 2 aliphatic rings. The van der Waals surface area contributed by atoms with Crippen LogP contribution in [0, 0.1) is 16.7 Å². The van der Waals surface area contributed by atoms with Gasteiger partial charge in [0, 0.05) is 5.41 Å². The first-order valence-electron chi connectivity index (χ1n) is 5.35. The molecule has 2 aliphatic carbocycles. The molecule has 4 nitrogen and oxygen atoms in total. The van der Waals surface area contributed by atoms with Crippen molar-refractivity contribution in [1.29, 1.82) is 0 Å². The Morgan fingerprint density at radius 1 is 1.53 bits per heavy atom. The Bertz CT molecular complexity index is 335. The maximum Gasteiger partial charge on any atom is 0.532 e. The second-order valence-corrected chi connectivity index (χ2v) is 5.39. The van der Waals surface area contributed by atoms with E-state index in [-0.39, 0.29) is 10.8 Å². The fourth-order valence-electron chi connectivity index (χ4n) is 3.16. The molecule has 0 radical (unpaired) electrons. The van der Waals surface area contributed by atoms with E-state index in [9.17, 15) is 4.79 Å². The van der Waals surface area contributed by atoms with Crippen molar-refractivity contribution in [3.05, 3.63) is 0 Å². The highest BCUT2D eigenvalue weighted by atomic mass is 16.7. The Hall–Kier alpha value is -1.06. The molecular weight excluding hydrogens is 194 g/mol. The minimum Gasteiger partial charge on any atom is -0.448 e. The highest BCUT2D eigenvalue weighted by Gasteiger charge is 2.60. The van der Waals surface area contributed by atoms with Crippen LogP contribution in [-0.4, -0.2) is 17.0 Å². The summed E-state index contributed by atoms with van der Waals surface area (Å²) in [6.07, 6.45) is 1.87. The van der Waals surface area contributed by atoms with Crippen LogP contribution in [0.15, 0.2) is 5.16 Å². The highest BCUT2D eigenvalue weighted by Crippen LogP contribution is 2.63. The third-order valence-electron chi connectivity index (χ3n) is 4.75. The Morgan fingerprint density at radius 3 is 2.60 bits per heavy atom. The number of hydrogen-bond acceptors (Lipinski definition) is 3. The predicted octanol–water partition coefficient (Wildman–Crippen LogP) is 2.88. The van der Waals surface area contributed by atoms with Crippen molar-refractivity contribution in [2.75, 3.05) is 0 Å². The molecule has 4 heteroatoms. The molecule has 2 unspecified atom stereocenters. The van der Waals surface area contributed by atoms with Crippen molar-refractivity contribution >= 4 is 11.9 Å². The first kappa shape index (κ1) is 10.5. The second kappa shape index (κ2) is 2.97. The van der Waals surface area contributed by atoms with Crippen molar-refractivity contribution in [3.63, 3.8) is 0 Å². The van der Waals surface area contributed by atoms with Gasteiger partial charge >= 0.3 is 6.16 Å². The van der Waals surface area contributed by atoms with E-state index in [2.05, 4.69) is 30.8 Å². The fourth-order valence-corrected chi connectivity index (χ4v) is 3.16. The lowest BCUT2D eigenvalue weighted by molar-refractivity contribution is 0.0926. The third-order valence-corrected chi connectivity index (χ3v) is 4.75. The Labute approximate surface area is 89.3 Å². The van der Waals surface area contributed by atoms with Gasteiger partial charge in [0.15, 0.2) is 0 Å². The largest absolute Gasteiger partial charge is 0.532 e. The molecule has 0 aliphatic heterocycles. The van der Waals surface area contributed by atoms with E-state index in [1.807, 2.05) is 0 Å². The predicted molar refractivity (Wildman–Crippen MR) is 55.8 cm³/mol. The number of carbonyl (C=O) groups is 1. The first-order chi connectivity index (χ1) is 6.88. The normalized spacial score (nSPS) is 39.7. The van der Waals surface area contributed by atoms with Gasteiger partial charge in [-0.15, -0.1) is 0 Å². The van der Waals surface area contributed by atoms with E-state index >= 15 is 0 Å². The molecule has 2 rings (SSSR count). The van der Waals surface area contributed by atoms with E-state index in [1.54, 1.807) is 0 Å². The van der Waals surface area contributed by atoms with Crippen molar-refractivity contribution in [2.45, 2.75) is 40.0 Å². The molecule has 0 spiro atoms. The molecule has 15 heavy (non-hydrogen) atoms. The zero-order chi connectivity index (χ0) is 11.3. The number of hydrogen-bond donors (Lipinski definition) is 1. The number of nitrogens with zero attached hydrogens (tertiary/aromatic N) is 1. The van der Waals surface area contributed by atoms with Crippen molar-refractivity contribution in [2.24, 2.45) is 21.9 Å². The van der Waals surface area contributed by atoms with E-state index in [4.69, 9.17) is 5.11 Å². The molecule has 1 N–H and O–H groups in total. The van der Waals surface area contributed by atoms with Gasteiger partial charge in [0.2, 0.25) is 0 Å². The van der Waals surface area contributed by atoms with Gasteiger partial charge in [-0.2, -0.15) is 0 Å². The van der Waals surface area contributed by atoms with Gasteiger partial charge in [0.25, 0.3) is 0 Å². The summed E-state index contributed by atoms with van der Waals surface area (Å²) < 4.78 is 0. The van der Waals surface area contributed by atoms with Crippen molar-refractivity contribution < 1.29 is 14.7 Å². The molecule has 2 saturated carbocycles. The van der Waals surface area contributed by atoms with Crippen LogP contribution < -0.4 is 0 Å². The van der Waals surface area contributed by atoms with E-state index in [0.717, 1.165) is 18.6 Å². The fraction of sp³-hybridized carbons (Fsp3) is 0.818. The smallest absolute Gasteiger partial charge is 0.448 e. The molecular formula is C11H17NO3. The van der Waals surface area contributed by atoms with Gasteiger partial charge < -0.3 is 5.11 Å². The van der Waals surface area contributed by atoms with Crippen molar-refractivity contribution in [3.8, 4) is 0 Å². The lowest BCUT2D eigenvalue weighted by atomic mass is 9.70. The van der Waals surface area contributed by atoms with Gasteiger partial charge in [0.05, 0.1) is 5.71 Å². The average Bonchev–Trinajstić information content (AvgIpc) is 2.46. The van der Waals surface area contributed by atoms with Crippen LogP contribution >= 0.6 is 0 Å². The summed E-state index contributed by atoms with van der Waals surface area (Å²) in [5.74, 6) is 0.624. The topological polar surface area (TPSA) is 58.9 Å². The molecule has 0 aromatic heterocycles. The highest BCUT2D eigenvalue weighted by molar-refractivity contribution is 5.94. The second-order valence-electron chi connectivity index (χ2n) is 5.39. The van der Waals surface area contributed by atoms with Crippen LogP contribution in [0.1, 0.15) is 40.0 Å². The summed E-state index contributed by atoms with van der Waals surface area (Å²) in [7, 11) is 0. The summed E-state index contributed by atoms with van der Waals surface area (Å²) in [5.41, 5.74) is 1.16. The van der Waals surface area contributed by atoms with E-state index in [0.29, 0.717) is 5.92 Å². The van der Waals surface area contributed by atoms with Gasteiger partial charge in [-0.05, 0) is 30.6 Å². The first-order valence-corrected chi connectivity index (χ1v) is 5.35. The third kappa shape index (κ3) is 1.27. The van der Waals surface area contributed by atoms with Gasteiger partial charge in [-0.1, -0.05) is 25.9 Å². The Balaban J connectivity index is 2.26. The SMILES string of the molecule is CC12CCC(C/C1=N/OC(=O)O)C2(C)C. The minimum absolute atomic E-state index is 0.0209. The molecule has 0 aromatic rings. The van der Waals surface area contributed by atoms with Gasteiger partial charge in [0.1, 0.15) is 0 Å². The quantitative estimate of drug-likeness (QED) is 0.536. The summed E-state index contributed by atoms with van der Waals surface area (Å²) in [4.78, 5) is 14.6. The van der Waals surface area contributed by atoms with Crippen LogP contribution in [0.3, 0.4) is 0 Å². The molecule has 0 heterocycles. The average molecular weight is 211 g/mol. The number of rotatable bonds is 1. The van der Waals surface area contributed by atoms with Crippen LogP contribution in [0.5, 0.6) is 0 Å². The zero-order valence-electron chi connectivity index (χ0n) is 9.41. The van der Waals surface area contributed by atoms with Crippen LogP contribution in [0.4, 0.5) is 4.79 Å². The van der Waals surface area contributed by atoms with Crippen LogP contribution in [0.2, 0.25) is 0 Å². The summed E-state index contributed by atoms with van der Waals surface area (Å²) >= 11 is 0. The van der Waals surface area contributed by atoms with E-state index in [1.165, 1.54) is 6.42 Å². The standard InChI is InChI=1S/C11H17NO3/c1-10(2)7-4-5-11(10,3)8(6-7)12-15-9(13)14/h7H,4-6H2,1-3H3,(H,13,14)/b12-8-. The lowest BCUT2D eigenvalue weighted by Gasteiger charge is -2.34. The molecule has 2 fully saturated rings. The molecule has 0 amide bonds. The number of oxime groups is 1. The zero-order valence-corrected chi connectivity index (χ0v) is 9.41. The maximum atomic E-state index is 10.3. The Kier molecular flexibility index (Phi) is 2.07. The summed E-state index contributed by atoms with van der Waals surface area (Å²) in [5, 5.41) is 12.2. The summed E-state index contributed by atoms with van der Waals surface area (Å²) in [6, 6.07) is 0. The monoisotopic (exact) mass is 211 g/mol. The molecule has 0 saturated heterocycles. The summed E-state index contributed by atoms with van der Waals surface area (Å²) in [6.45, 7) is 6.66. The van der Waals surface area contributed by atoms with E-state index < -0.39 is 6.16 Å². The van der Waals surface area contributed by atoms with Crippen LogP contribution in [-0.2, 0) is 4.84 Å². The minimum atomic E-state index is -1.33. The molecule has 0 aromatic carbocycles.